The first-order valence-corrected chi connectivity index (χ1v) is 8.07. The summed E-state index contributed by atoms with van der Waals surface area (Å²) >= 11 is 0. The van der Waals surface area contributed by atoms with Gasteiger partial charge in [-0.2, -0.15) is 0 Å². The van der Waals surface area contributed by atoms with Gasteiger partial charge in [-0.3, -0.25) is 4.79 Å². The highest BCUT2D eigenvalue weighted by molar-refractivity contribution is 5.82. The van der Waals surface area contributed by atoms with E-state index in [1.54, 1.807) is 0 Å². The number of hydrogen-bond acceptors (Lipinski definition) is 1. The Kier molecular flexibility index (Phi) is 3.07. The Balaban J connectivity index is 1.96. The van der Waals surface area contributed by atoms with Gasteiger partial charge in [-0.15, -0.1) is 0 Å². The minimum absolute atomic E-state index is 0.346. The van der Waals surface area contributed by atoms with Crippen molar-refractivity contribution in [1.29, 1.82) is 0 Å². The first kappa shape index (κ1) is 12.7. The van der Waals surface area contributed by atoms with Gasteiger partial charge in [-0.1, -0.05) is 33.6 Å². The Bertz CT molecular complexity index is 348. The van der Waals surface area contributed by atoms with Crippen LogP contribution in [0.5, 0.6) is 0 Å². The van der Waals surface area contributed by atoms with Crippen LogP contribution >= 0.6 is 0 Å². The fraction of sp³-hybridized carbons (Fsp3) is 0.941. The van der Waals surface area contributed by atoms with Gasteiger partial charge in [0.05, 0.1) is 0 Å². The lowest BCUT2D eigenvalue weighted by Crippen LogP contribution is -2.54. The number of carbonyl (C=O) groups excluding carboxylic acids is 1. The molecule has 0 saturated heterocycles. The van der Waals surface area contributed by atoms with E-state index < -0.39 is 0 Å². The second kappa shape index (κ2) is 4.35. The minimum Gasteiger partial charge on any atom is -0.299 e. The van der Waals surface area contributed by atoms with E-state index in [4.69, 9.17) is 0 Å². The Morgan fingerprint density at radius 2 is 1.72 bits per heavy atom. The van der Waals surface area contributed by atoms with Gasteiger partial charge in [0.15, 0.2) is 0 Å². The van der Waals surface area contributed by atoms with Crippen LogP contribution in [0.25, 0.3) is 0 Å². The van der Waals surface area contributed by atoms with Crippen LogP contribution in [0, 0.1) is 35.0 Å². The second-order valence-corrected chi connectivity index (χ2v) is 7.64. The van der Waals surface area contributed by atoms with Gasteiger partial charge in [0.1, 0.15) is 5.78 Å². The van der Waals surface area contributed by atoms with Gasteiger partial charge in [0.2, 0.25) is 0 Å². The van der Waals surface area contributed by atoms with Crippen molar-refractivity contribution in [3.05, 3.63) is 0 Å². The summed E-state index contributed by atoms with van der Waals surface area (Å²) in [5.74, 6) is 4.31. The standard InChI is InChI=1S/C17H28O/c1-11-4-6-14-12(2)5-7-15-13(3)16(18)8-9-17(14,15)10-11/h11-15H,4-10H2,1-3H3/t11-,12+,13+,14?,15-,17?/m0/s1. The number of ketones is 1. The highest BCUT2D eigenvalue weighted by Gasteiger charge is 2.56. The number of rotatable bonds is 0. The third-order valence-corrected chi connectivity index (χ3v) is 6.74. The zero-order chi connectivity index (χ0) is 12.9. The molecule has 3 saturated carbocycles. The highest BCUT2D eigenvalue weighted by atomic mass is 16.1. The summed E-state index contributed by atoms with van der Waals surface area (Å²) in [6.45, 7) is 7.13. The molecule has 3 aliphatic rings. The predicted molar refractivity (Wildman–Crippen MR) is 74.2 cm³/mol. The summed E-state index contributed by atoms with van der Waals surface area (Å²) < 4.78 is 0. The fourth-order valence-electron chi connectivity index (χ4n) is 5.89. The molecule has 18 heavy (non-hydrogen) atoms. The molecule has 3 rings (SSSR count). The first-order chi connectivity index (χ1) is 8.54. The lowest BCUT2D eigenvalue weighted by atomic mass is 9.44. The van der Waals surface area contributed by atoms with Crippen molar-refractivity contribution in [3.8, 4) is 0 Å². The molecular formula is C17H28O. The summed E-state index contributed by atoms with van der Waals surface area (Å²) in [5, 5.41) is 0. The van der Waals surface area contributed by atoms with Crippen LogP contribution < -0.4 is 0 Å². The second-order valence-electron chi connectivity index (χ2n) is 7.64. The van der Waals surface area contributed by atoms with Crippen LogP contribution in [0.15, 0.2) is 0 Å². The Hall–Kier alpha value is -0.330. The van der Waals surface area contributed by atoms with Crippen molar-refractivity contribution in [2.45, 2.75) is 65.7 Å². The van der Waals surface area contributed by atoms with Crippen molar-refractivity contribution in [3.63, 3.8) is 0 Å². The van der Waals surface area contributed by atoms with Crippen molar-refractivity contribution < 1.29 is 4.79 Å². The molecule has 3 fully saturated rings. The topological polar surface area (TPSA) is 17.1 Å². The zero-order valence-electron chi connectivity index (χ0n) is 12.2. The van der Waals surface area contributed by atoms with Gasteiger partial charge < -0.3 is 0 Å². The molecular weight excluding hydrogens is 220 g/mol. The zero-order valence-corrected chi connectivity index (χ0v) is 12.2. The van der Waals surface area contributed by atoms with E-state index in [-0.39, 0.29) is 0 Å². The lowest BCUT2D eigenvalue weighted by molar-refractivity contribution is -0.147. The molecule has 1 heteroatoms. The molecule has 0 N–H and O–H groups in total. The van der Waals surface area contributed by atoms with Crippen molar-refractivity contribution in [2.75, 3.05) is 0 Å². The molecule has 0 aromatic rings. The molecule has 0 aromatic carbocycles. The fourth-order valence-corrected chi connectivity index (χ4v) is 5.89. The van der Waals surface area contributed by atoms with Crippen LogP contribution in [-0.4, -0.2) is 5.78 Å². The molecule has 102 valence electrons. The summed E-state index contributed by atoms with van der Waals surface area (Å²) in [5.41, 5.74) is 0.544. The average molecular weight is 248 g/mol. The molecule has 6 atom stereocenters. The van der Waals surface area contributed by atoms with E-state index in [0.29, 0.717) is 23.0 Å². The van der Waals surface area contributed by atoms with Crippen LogP contribution in [-0.2, 0) is 4.79 Å². The molecule has 0 amide bonds. The van der Waals surface area contributed by atoms with E-state index in [1.807, 2.05) is 0 Å². The normalized spacial score (nSPS) is 52.6. The maximum Gasteiger partial charge on any atom is 0.136 e. The number of Topliss-reactive ketones (excluding diaryl/α,β-unsaturated/α-hetero) is 1. The van der Waals surface area contributed by atoms with E-state index in [9.17, 15) is 4.79 Å². The van der Waals surface area contributed by atoms with Crippen LogP contribution in [0.3, 0.4) is 0 Å². The van der Waals surface area contributed by atoms with Crippen molar-refractivity contribution >= 4 is 5.78 Å². The minimum atomic E-state index is 0.346. The number of carbonyl (C=O) groups is 1. The number of hydrogen-bond donors (Lipinski definition) is 0. The van der Waals surface area contributed by atoms with E-state index >= 15 is 0 Å². The monoisotopic (exact) mass is 248 g/mol. The molecule has 3 aliphatic carbocycles. The van der Waals surface area contributed by atoms with Gasteiger partial charge in [0.25, 0.3) is 0 Å². The summed E-state index contributed by atoms with van der Waals surface area (Å²) in [6.07, 6.45) is 9.02. The Morgan fingerprint density at radius 3 is 2.50 bits per heavy atom. The highest BCUT2D eigenvalue weighted by Crippen LogP contribution is 2.62. The largest absolute Gasteiger partial charge is 0.299 e. The van der Waals surface area contributed by atoms with Crippen LogP contribution in [0.2, 0.25) is 0 Å². The van der Waals surface area contributed by atoms with Crippen LogP contribution in [0.4, 0.5) is 0 Å². The maximum absolute atomic E-state index is 12.1. The molecule has 0 bridgehead atoms. The van der Waals surface area contributed by atoms with Gasteiger partial charge in [-0.05, 0) is 54.8 Å². The molecule has 1 spiro atoms. The molecule has 2 unspecified atom stereocenters. The third kappa shape index (κ3) is 1.69. The van der Waals surface area contributed by atoms with Crippen LogP contribution in [0.1, 0.15) is 65.7 Å². The van der Waals surface area contributed by atoms with Gasteiger partial charge >= 0.3 is 0 Å². The van der Waals surface area contributed by atoms with Crippen molar-refractivity contribution in [2.24, 2.45) is 35.0 Å². The van der Waals surface area contributed by atoms with Crippen molar-refractivity contribution in [1.82, 2.24) is 0 Å². The molecule has 1 nitrogen and oxygen atoms in total. The van der Waals surface area contributed by atoms with E-state index in [1.165, 1.54) is 38.5 Å². The molecule has 0 aromatic heterocycles. The maximum atomic E-state index is 12.1. The lowest BCUT2D eigenvalue weighted by Gasteiger charge is -2.60. The molecule has 0 radical (unpaired) electrons. The molecule has 0 heterocycles. The van der Waals surface area contributed by atoms with Gasteiger partial charge in [-0.25, -0.2) is 0 Å². The van der Waals surface area contributed by atoms with Gasteiger partial charge in [0, 0.05) is 12.3 Å². The Labute approximate surface area is 112 Å². The predicted octanol–water partition coefficient (Wildman–Crippen LogP) is 4.45. The van der Waals surface area contributed by atoms with E-state index in [2.05, 4.69) is 20.8 Å². The van der Waals surface area contributed by atoms with E-state index in [0.717, 1.165) is 24.2 Å². The SMILES string of the molecule is C[C@H]1CCC2[C@H](C)CC[C@H]3[C@@H](C)C(=O)CCC23C1. The smallest absolute Gasteiger partial charge is 0.136 e. The molecule has 0 aliphatic heterocycles. The average Bonchev–Trinajstić information content (AvgIpc) is 2.34. The Morgan fingerprint density at radius 1 is 1.00 bits per heavy atom. The quantitative estimate of drug-likeness (QED) is 0.619. The summed E-state index contributed by atoms with van der Waals surface area (Å²) in [4.78, 5) is 12.1. The third-order valence-electron chi connectivity index (χ3n) is 6.74. The summed E-state index contributed by atoms with van der Waals surface area (Å²) in [7, 11) is 0. The first-order valence-electron chi connectivity index (χ1n) is 8.07. The summed E-state index contributed by atoms with van der Waals surface area (Å²) in [6, 6.07) is 0.